The fourth-order valence-electron chi connectivity index (χ4n) is 1.81. The van der Waals surface area contributed by atoms with Crippen molar-refractivity contribution in [2.45, 2.75) is 19.8 Å². The summed E-state index contributed by atoms with van der Waals surface area (Å²) in [5.74, 6) is 0.487. The van der Waals surface area contributed by atoms with Gasteiger partial charge in [0.2, 0.25) is 5.71 Å². The Hall–Kier alpha value is -1.04. The molecule has 0 bridgehead atoms. The summed E-state index contributed by atoms with van der Waals surface area (Å²) in [4.78, 5) is 7.89. The Balaban J connectivity index is 2.31. The Labute approximate surface area is 106 Å². The van der Waals surface area contributed by atoms with E-state index in [2.05, 4.69) is 58.5 Å². The predicted octanol–water partition coefficient (Wildman–Crippen LogP) is 4.04. The van der Waals surface area contributed by atoms with Gasteiger partial charge in [0.25, 0.3) is 0 Å². The third kappa shape index (κ3) is 1.52. The Morgan fingerprint density at radius 1 is 1.31 bits per heavy atom. The minimum atomic E-state index is 0.487. The maximum atomic E-state index is 5.51. The lowest BCUT2D eigenvalue weighted by Crippen LogP contribution is -1.84. The number of pyridine rings is 1. The summed E-state index contributed by atoms with van der Waals surface area (Å²) in [7, 11) is 0. The standard InChI is InChI=1S/C12H11IN2O/c1-6(2)8-5-10-9(14-8)3-7-4-11(13)16-12(7)15-10/h3-6,14H,1-2H3. The second-order valence-corrected chi connectivity index (χ2v) is 5.31. The monoisotopic (exact) mass is 326 g/mol. The van der Waals surface area contributed by atoms with E-state index in [1.807, 2.05) is 6.07 Å². The molecule has 3 rings (SSSR count). The van der Waals surface area contributed by atoms with E-state index < -0.39 is 0 Å². The van der Waals surface area contributed by atoms with E-state index in [-0.39, 0.29) is 0 Å². The number of hydrogen-bond acceptors (Lipinski definition) is 2. The van der Waals surface area contributed by atoms with Crippen LogP contribution in [-0.2, 0) is 0 Å². The maximum Gasteiger partial charge on any atom is 0.228 e. The molecule has 0 amide bonds. The lowest BCUT2D eigenvalue weighted by atomic mass is 10.1. The highest BCUT2D eigenvalue weighted by Crippen LogP contribution is 2.25. The van der Waals surface area contributed by atoms with Crippen molar-refractivity contribution in [2.24, 2.45) is 0 Å². The molecule has 0 saturated heterocycles. The number of aromatic nitrogens is 2. The Morgan fingerprint density at radius 2 is 2.12 bits per heavy atom. The van der Waals surface area contributed by atoms with E-state index in [0.717, 1.165) is 20.2 Å². The maximum absolute atomic E-state index is 5.51. The summed E-state index contributed by atoms with van der Waals surface area (Å²) >= 11 is 2.16. The number of nitrogens with one attached hydrogen (secondary N) is 1. The molecule has 0 atom stereocenters. The fourth-order valence-corrected chi connectivity index (χ4v) is 2.36. The number of hydrogen-bond donors (Lipinski definition) is 1. The van der Waals surface area contributed by atoms with E-state index in [4.69, 9.17) is 4.42 Å². The van der Waals surface area contributed by atoms with E-state index in [1.165, 1.54) is 5.69 Å². The van der Waals surface area contributed by atoms with Gasteiger partial charge in [0.05, 0.1) is 11.0 Å². The molecule has 0 aliphatic heterocycles. The molecule has 0 fully saturated rings. The largest absolute Gasteiger partial charge is 0.432 e. The van der Waals surface area contributed by atoms with Gasteiger partial charge in [-0.15, -0.1) is 0 Å². The van der Waals surface area contributed by atoms with Gasteiger partial charge in [-0.05, 0) is 46.7 Å². The van der Waals surface area contributed by atoms with Crippen molar-refractivity contribution in [3.8, 4) is 0 Å². The number of rotatable bonds is 1. The lowest BCUT2D eigenvalue weighted by molar-refractivity contribution is 0.574. The van der Waals surface area contributed by atoms with Crippen LogP contribution in [0.15, 0.2) is 22.6 Å². The molecule has 3 aromatic rings. The van der Waals surface area contributed by atoms with E-state index in [9.17, 15) is 0 Å². The van der Waals surface area contributed by atoms with Crippen molar-refractivity contribution in [3.05, 3.63) is 27.7 Å². The van der Waals surface area contributed by atoms with E-state index >= 15 is 0 Å². The van der Waals surface area contributed by atoms with Gasteiger partial charge in [0.15, 0.2) is 3.77 Å². The summed E-state index contributed by atoms with van der Waals surface area (Å²) in [5.41, 5.74) is 3.98. The topological polar surface area (TPSA) is 41.8 Å². The number of H-pyrrole nitrogens is 1. The summed E-state index contributed by atoms with van der Waals surface area (Å²) in [6.45, 7) is 4.33. The van der Waals surface area contributed by atoms with Crippen molar-refractivity contribution in [3.63, 3.8) is 0 Å². The molecule has 1 N–H and O–H groups in total. The molecule has 0 saturated carbocycles. The van der Waals surface area contributed by atoms with Gasteiger partial charge in [0, 0.05) is 11.1 Å². The highest BCUT2D eigenvalue weighted by atomic mass is 127. The van der Waals surface area contributed by atoms with Crippen LogP contribution in [-0.4, -0.2) is 9.97 Å². The van der Waals surface area contributed by atoms with Crippen LogP contribution >= 0.6 is 22.6 Å². The van der Waals surface area contributed by atoms with Crippen molar-refractivity contribution >= 4 is 44.7 Å². The Bertz CT molecular complexity index is 615. The third-order valence-electron chi connectivity index (χ3n) is 2.70. The molecule has 0 aliphatic rings. The summed E-state index contributed by atoms with van der Waals surface area (Å²) < 4.78 is 6.38. The van der Waals surface area contributed by atoms with E-state index in [0.29, 0.717) is 11.6 Å². The Morgan fingerprint density at radius 3 is 2.88 bits per heavy atom. The average Bonchev–Trinajstić information content (AvgIpc) is 2.74. The number of aromatic amines is 1. The van der Waals surface area contributed by atoms with Crippen LogP contribution in [0, 0.1) is 3.77 Å². The van der Waals surface area contributed by atoms with Gasteiger partial charge in [-0.2, -0.15) is 0 Å². The van der Waals surface area contributed by atoms with Crippen molar-refractivity contribution in [2.75, 3.05) is 0 Å². The first-order valence-corrected chi connectivity index (χ1v) is 6.30. The highest BCUT2D eigenvalue weighted by Gasteiger charge is 2.09. The van der Waals surface area contributed by atoms with Crippen molar-refractivity contribution in [1.82, 2.24) is 9.97 Å². The zero-order valence-corrected chi connectivity index (χ0v) is 11.2. The lowest BCUT2D eigenvalue weighted by Gasteiger charge is -1.97. The SMILES string of the molecule is CC(C)c1cc2nc3oc(I)cc3cc2[nH]1. The molecule has 0 spiro atoms. The van der Waals surface area contributed by atoms with Gasteiger partial charge >= 0.3 is 0 Å². The first-order valence-electron chi connectivity index (χ1n) is 5.22. The van der Waals surface area contributed by atoms with Gasteiger partial charge < -0.3 is 9.40 Å². The minimum absolute atomic E-state index is 0.487. The number of fused-ring (bicyclic) bond motifs is 2. The zero-order chi connectivity index (χ0) is 11.3. The molecule has 0 aromatic carbocycles. The van der Waals surface area contributed by atoms with Crippen LogP contribution in [0.25, 0.3) is 22.1 Å². The Kier molecular flexibility index (Phi) is 2.20. The number of furan rings is 1. The van der Waals surface area contributed by atoms with Crippen LogP contribution in [0.1, 0.15) is 25.5 Å². The van der Waals surface area contributed by atoms with Crippen molar-refractivity contribution in [1.29, 1.82) is 0 Å². The van der Waals surface area contributed by atoms with Crippen LogP contribution in [0.4, 0.5) is 0 Å². The summed E-state index contributed by atoms with van der Waals surface area (Å²) in [6, 6.07) is 6.18. The first-order chi connectivity index (χ1) is 7.63. The molecule has 16 heavy (non-hydrogen) atoms. The third-order valence-corrected chi connectivity index (χ3v) is 3.23. The summed E-state index contributed by atoms with van der Waals surface area (Å²) in [6.07, 6.45) is 0. The smallest absolute Gasteiger partial charge is 0.228 e. The minimum Gasteiger partial charge on any atom is -0.432 e. The van der Waals surface area contributed by atoms with Crippen LogP contribution in [0.2, 0.25) is 0 Å². The molecule has 0 radical (unpaired) electrons. The second kappa shape index (κ2) is 3.48. The number of halogens is 1. The molecular formula is C12H11IN2O. The normalized spacial score (nSPS) is 12.0. The van der Waals surface area contributed by atoms with Gasteiger partial charge in [-0.3, -0.25) is 0 Å². The quantitative estimate of drug-likeness (QED) is 0.686. The molecule has 3 aromatic heterocycles. The highest BCUT2D eigenvalue weighted by molar-refractivity contribution is 14.1. The van der Waals surface area contributed by atoms with Crippen LogP contribution < -0.4 is 0 Å². The molecular weight excluding hydrogens is 315 g/mol. The van der Waals surface area contributed by atoms with Gasteiger partial charge in [0.1, 0.15) is 0 Å². The van der Waals surface area contributed by atoms with Crippen molar-refractivity contribution < 1.29 is 4.42 Å². The van der Waals surface area contributed by atoms with Crippen LogP contribution in [0.3, 0.4) is 0 Å². The van der Waals surface area contributed by atoms with Crippen LogP contribution in [0.5, 0.6) is 0 Å². The van der Waals surface area contributed by atoms with E-state index in [1.54, 1.807) is 0 Å². The molecule has 4 heteroatoms. The molecule has 3 nitrogen and oxygen atoms in total. The first kappa shape index (κ1) is 10.1. The molecule has 3 heterocycles. The summed E-state index contributed by atoms with van der Waals surface area (Å²) in [5, 5.41) is 1.05. The average molecular weight is 326 g/mol. The molecule has 0 unspecified atom stereocenters. The zero-order valence-electron chi connectivity index (χ0n) is 9.04. The number of nitrogens with zero attached hydrogens (tertiary/aromatic N) is 1. The second-order valence-electron chi connectivity index (χ2n) is 4.25. The predicted molar refractivity (Wildman–Crippen MR) is 72.7 cm³/mol. The molecule has 82 valence electrons. The molecule has 0 aliphatic carbocycles. The van der Waals surface area contributed by atoms with Gasteiger partial charge in [-0.1, -0.05) is 13.8 Å². The van der Waals surface area contributed by atoms with Gasteiger partial charge in [-0.25, -0.2) is 4.98 Å². The fraction of sp³-hybridized carbons (Fsp3) is 0.250.